The van der Waals surface area contributed by atoms with E-state index in [1.54, 1.807) is 6.07 Å². The number of rotatable bonds is 3. The summed E-state index contributed by atoms with van der Waals surface area (Å²) < 4.78 is 13.9. The summed E-state index contributed by atoms with van der Waals surface area (Å²) in [7, 11) is 0. The van der Waals surface area contributed by atoms with E-state index < -0.39 is 0 Å². The van der Waals surface area contributed by atoms with E-state index in [1.165, 1.54) is 17.7 Å². The first-order valence-corrected chi connectivity index (χ1v) is 9.99. The largest absolute Gasteiger partial charge is 0.336 e. The molecule has 3 aromatic rings. The van der Waals surface area contributed by atoms with E-state index in [9.17, 15) is 9.18 Å². The SMILES string of the molecule is O=C(c1ccc(F)cc1I)N1CCN(Cc2cccc3cccnc23)CC1. The second kappa shape index (κ2) is 7.90. The zero-order chi connectivity index (χ0) is 18.8. The molecule has 4 rings (SSSR count). The van der Waals surface area contributed by atoms with Gasteiger partial charge in [0, 0.05) is 47.9 Å². The Bertz CT molecular complexity index is 981. The third kappa shape index (κ3) is 3.96. The molecule has 0 bridgehead atoms. The molecule has 6 heteroatoms. The molecule has 1 aliphatic rings. The number of para-hydroxylation sites is 1. The fourth-order valence-electron chi connectivity index (χ4n) is 3.48. The molecule has 0 radical (unpaired) electrons. The molecule has 0 aliphatic carbocycles. The smallest absolute Gasteiger partial charge is 0.255 e. The first-order valence-electron chi connectivity index (χ1n) is 8.91. The Kier molecular flexibility index (Phi) is 5.36. The Hall–Kier alpha value is -2.06. The van der Waals surface area contributed by atoms with Crippen molar-refractivity contribution in [2.45, 2.75) is 6.54 Å². The van der Waals surface area contributed by atoms with E-state index in [4.69, 9.17) is 0 Å². The van der Waals surface area contributed by atoms with Crippen LogP contribution < -0.4 is 0 Å². The summed E-state index contributed by atoms with van der Waals surface area (Å²) >= 11 is 2.02. The number of carbonyl (C=O) groups excluding carboxylic acids is 1. The first kappa shape index (κ1) is 18.3. The number of hydrogen-bond donors (Lipinski definition) is 0. The number of hydrogen-bond acceptors (Lipinski definition) is 3. The maximum Gasteiger partial charge on any atom is 0.255 e. The molecule has 1 fully saturated rings. The van der Waals surface area contributed by atoms with Gasteiger partial charge in [-0.15, -0.1) is 0 Å². The van der Waals surface area contributed by atoms with E-state index in [1.807, 2.05) is 39.8 Å². The van der Waals surface area contributed by atoms with E-state index >= 15 is 0 Å². The highest BCUT2D eigenvalue weighted by atomic mass is 127. The Labute approximate surface area is 171 Å². The van der Waals surface area contributed by atoms with Gasteiger partial charge in [0.2, 0.25) is 0 Å². The van der Waals surface area contributed by atoms with Crippen LogP contribution >= 0.6 is 22.6 Å². The predicted molar refractivity (Wildman–Crippen MR) is 112 cm³/mol. The molecule has 0 saturated carbocycles. The zero-order valence-corrected chi connectivity index (χ0v) is 16.9. The second-order valence-corrected chi connectivity index (χ2v) is 7.85. The van der Waals surface area contributed by atoms with E-state index in [2.05, 4.69) is 34.1 Å². The highest BCUT2D eigenvalue weighted by Crippen LogP contribution is 2.20. The van der Waals surface area contributed by atoms with Crippen molar-refractivity contribution in [2.24, 2.45) is 0 Å². The van der Waals surface area contributed by atoms with Crippen LogP contribution in [0.1, 0.15) is 15.9 Å². The highest BCUT2D eigenvalue weighted by molar-refractivity contribution is 14.1. The number of aromatic nitrogens is 1. The first-order chi connectivity index (χ1) is 13.1. The van der Waals surface area contributed by atoms with Crippen molar-refractivity contribution in [1.82, 2.24) is 14.8 Å². The molecule has 4 nitrogen and oxygen atoms in total. The lowest BCUT2D eigenvalue weighted by molar-refractivity contribution is 0.0628. The number of pyridine rings is 1. The predicted octanol–water partition coefficient (Wildman–Crippen LogP) is 3.94. The third-order valence-corrected chi connectivity index (χ3v) is 5.82. The summed E-state index contributed by atoms with van der Waals surface area (Å²) in [6, 6.07) is 14.6. The van der Waals surface area contributed by atoms with Crippen molar-refractivity contribution in [3.05, 3.63) is 75.2 Å². The van der Waals surface area contributed by atoms with Crippen LogP contribution in [-0.4, -0.2) is 46.9 Å². The molecule has 0 spiro atoms. The molecule has 138 valence electrons. The summed E-state index contributed by atoms with van der Waals surface area (Å²) in [5, 5.41) is 1.15. The molecule has 2 aromatic carbocycles. The number of piperazine rings is 1. The van der Waals surface area contributed by atoms with Crippen molar-refractivity contribution in [1.29, 1.82) is 0 Å². The van der Waals surface area contributed by atoms with Gasteiger partial charge in [-0.25, -0.2) is 4.39 Å². The fourth-order valence-corrected chi connectivity index (χ4v) is 4.19. The van der Waals surface area contributed by atoms with Crippen LogP contribution in [0.5, 0.6) is 0 Å². The van der Waals surface area contributed by atoms with Crippen molar-refractivity contribution in [3.8, 4) is 0 Å². The molecule has 1 saturated heterocycles. The van der Waals surface area contributed by atoms with Gasteiger partial charge in [-0.1, -0.05) is 24.3 Å². The molecule has 1 aromatic heterocycles. The standard InChI is InChI=1S/C21H19FIN3O/c22-17-6-7-18(19(23)13-17)21(27)26-11-9-25(10-12-26)14-16-4-1-3-15-5-2-8-24-20(15)16/h1-8,13H,9-12,14H2. The lowest BCUT2D eigenvalue weighted by atomic mass is 10.1. The van der Waals surface area contributed by atoms with Gasteiger partial charge >= 0.3 is 0 Å². The van der Waals surface area contributed by atoms with Crippen molar-refractivity contribution < 1.29 is 9.18 Å². The van der Waals surface area contributed by atoms with Crippen LogP contribution in [0.4, 0.5) is 4.39 Å². The molecule has 0 unspecified atom stereocenters. The van der Waals surface area contributed by atoms with Gasteiger partial charge in [0.25, 0.3) is 5.91 Å². The maximum atomic E-state index is 13.3. The van der Waals surface area contributed by atoms with Crippen molar-refractivity contribution in [3.63, 3.8) is 0 Å². The number of halogens is 2. The molecule has 2 heterocycles. The summed E-state index contributed by atoms with van der Waals surface area (Å²) in [6.45, 7) is 3.79. The minimum absolute atomic E-state index is 0.0223. The quantitative estimate of drug-likeness (QED) is 0.539. The van der Waals surface area contributed by atoms with Crippen molar-refractivity contribution >= 4 is 39.4 Å². The van der Waals surface area contributed by atoms with E-state index in [-0.39, 0.29) is 11.7 Å². The van der Waals surface area contributed by atoms with Crippen molar-refractivity contribution in [2.75, 3.05) is 26.2 Å². The Morgan fingerprint density at radius 1 is 1.07 bits per heavy atom. The Morgan fingerprint density at radius 2 is 1.85 bits per heavy atom. The van der Waals surface area contributed by atoms with Crippen LogP contribution in [-0.2, 0) is 6.54 Å². The minimum atomic E-state index is -0.315. The monoisotopic (exact) mass is 475 g/mol. The highest BCUT2D eigenvalue weighted by Gasteiger charge is 2.24. The van der Waals surface area contributed by atoms with Gasteiger partial charge in [-0.2, -0.15) is 0 Å². The Balaban J connectivity index is 1.42. The molecule has 1 aliphatic heterocycles. The normalized spacial score (nSPS) is 15.3. The zero-order valence-electron chi connectivity index (χ0n) is 14.7. The summed E-state index contributed by atoms with van der Waals surface area (Å²) in [6.07, 6.45) is 1.83. The Morgan fingerprint density at radius 3 is 2.63 bits per heavy atom. The average molecular weight is 475 g/mol. The van der Waals surface area contributed by atoms with E-state index in [0.717, 1.165) is 30.5 Å². The van der Waals surface area contributed by atoms with Gasteiger partial charge in [0.15, 0.2) is 0 Å². The van der Waals surface area contributed by atoms with Crippen LogP contribution in [0.25, 0.3) is 10.9 Å². The summed E-state index contributed by atoms with van der Waals surface area (Å²) in [5.74, 6) is -0.338. The summed E-state index contributed by atoms with van der Waals surface area (Å²) in [5.41, 5.74) is 2.82. The molecule has 0 N–H and O–H groups in total. The molecule has 1 amide bonds. The number of carbonyl (C=O) groups is 1. The lowest BCUT2D eigenvalue weighted by Gasteiger charge is -2.35. The van der Waals surface area contributed by atoms with E-state index in [0.29, 0.717) is 22.2 Å². The molecular weight excluding hydrogens is 456 g/mol. The third-order valence-electron chi connectivity index (χ3n) is 4.93. The average Bonchev–Trinajstić information content (AvgIpc) is 2.68. The van der Waals surface area contributed by atoms with Gasteiger partial charge in [-0.05, 0) is 52.4 Å². The lowest BCUT2D eigenvalue weighted by Crippen LogP contribution is -2.48. The van der Waals surface area contributed by atoms with Crippen LogP contribution in [0.3, 0.4) is 0 Å². The topological polar surface area (TPSA) is 36.4 Å². The van der Waals surface area contributed by atoms with Crippen LogP contribution in [0.2, 0.25) is 0 Å². The second-order valence-electron chi connectivity index (χ2n) is 6.68. The van der Waals surface area contributed by atoms with Gasteiger partial charge in [-0.3, -0.25) is 14.7 Å². The van der Waals surface area contributed by atoms with Crippen LogP contribution in [0, 0.1) is 9.39 Å². The minimum Gasteiger partial charge on any atom is -0.336 e. The van der Waals surface area contributed by atoms with Gasteiger partial charge in [0.05, 0.1) is 11.1 Å². The molecule has 27 heavy (non-hydrogen) atoms. The number of nitrogens with zero attached hydrogens (tertiary/aromatic N) is 3. The number of amides is 1. The molecular formula is C21H19FIN3O. The van der Waals surface area contributed by atoms with Crippen LogP contribution in [0.15, 0.2) is 54.7 Å². The fraction of sp³-hybridized carbons (Fsp3) is 0.238. The van der Waals surface area contributed by atoms with Gasteiger partial charge in [0.1, 0.15) is 5.82 Å². The number of benzene rings is 2. The maximum absolute atomic E-state index is 13.3. The number of fused-ring (bicyclic) bond motifs is 1. The van der Waals surface area contributed by atoms with Gasteiger partial charge < -0.3 is 4.90 Å². The summed E-state index contributed by atoms with van der Waals surface area (Å²) in [4.78, 5) is 21.5. The molecule has 0 atom stereocenters.